The van der Waals surface area contributed by atoms with Gasteiger partial charge in [-0.15, -0.1) is 10.2 Å². The van der Waals surface area contributed by atoms with Crippen LogP contribution < -0.4 is 16.7 Å². The number of hydrogen-bond acceptors (Lipinski definition) is 6. The van der Waals surface area contributed by atoms with Gasteiger partial charge in [0.05, 0.1) is 5.75 Å². The molecule has 1 heterocycles. The first-order valence-electron chi connectivity index (χ1n) is 7.12. The topological polar surface area (TPSA) is 103 Å². The Morgan fingerprint density at radius 1 is 1.30 bits per heavy atom. The number of carbonyl (C=O) groups is 1. The molecule has 0 unspecified atom stereocenters. The molecule has 3 N–H and O–H groups in total. The van der Waals surface area contributed by atoms with Gasteiger partial charge in [0, 0.05) is 5.69 Å². The highest BCUT2D eigenvalue weighted by Gasteiger charge is 2.10. The van der Waals surface area contributed by atoms with Crippen LogP contribution in [0.15, 0.2) is 34.2 Å². The number of nitrogens with zero attached hydrogens (tertiary/aromatic N) is 3. The summed E-state index contributed by atoms with van der Waals surface area (Å²) in [4.78, 5) is 23.6. The van der Waals surface area contributed by atoms with Gasteiger partial charge in [-0.05, 0) is 30.5 Å². The third kappa shape index (κ3) is 4.32. The Morgan fingerprint density at radius 2 is 1.96 bits per heavy atom. The number of amides is 1. The molecule has 2 rings (SSSR count). The summed E-state index contributed by atoms with van der Waals surface area (Å²) in [5, 5.41) is 10.5. The number of anilines is 1. The number of aromatic nitrogens is 3. The van der Waals surface area contributed by atoms with Crippen molar-refractivity contribution in [3.05, 3.63) is 45.9 Å². The van der Waals surface area contributed by atoms with Gasteiger partial charge < -0.3 is 11.2 Å². The minimum absolute atomic E-state index is 0.0836. The van der Waals surface area contributed by atoms with Crippen LogP contribution in [0.25, 0.3) is 0 Å². The van der Waals surface area contributed by atoms with Crippen LogP contribution in [-0.4, -0.2) is 26.5 Å². The molecule has 0 spiro atoms. The summed E-state index contributed by atoms with van der Waals surface area (Å²) in [6.07, 6.45) is 0. The predicted octanol–water partition coefficient (Wildman–Crippen LogP) is 1.51. The van der Waals surface area contributed by atoms with Crippen LogP contribution in [0.1, 0.15) is 31.0 Å². The summed E-state index contributed by atoms with van der Waals surface area (Å²) in [5.74, 6) is 5.93. The molecular weight excluding hydrogens is 314 g/mol. The number of benzene rings is 1. The zero-order valence-corrected chi connectivity index (χ0v) is 14.1. The summed E-state index contributed by atoms with van der Waals surface area (Å²) < 4.78 is 0.901. The van der Waals surface area contributed by atoms with Gasteiger partial charge in [0.25, 0.3) is 5.56 Å². The monoisotopic (exact) mass is 333 g/mol. The standard InChI is InChI=1S/C15H19N5O2S/c1-9(2)11-4-6-12(7-5-11)17-13(21)8-23-15-19-18-10(3)14(22)20(15)16/h4-7,9H,8,16H2,1-3H3,(H,17,21). The van der Waals surface area contributed by atoms with E-state index in [1.807, 2.05) is 24.3 Å². The Morgan fingerprint density at radius 3 is 2.57 bits per heavy atom. The first-order valence-corrected chi connectivity index (χ1v) is 8.11. The quantitative estimate of drug-likeness (QED) is 0.635. The van der Waals surface area contributed by atoms with Crippen LogP contribution in [0.5, 0.6) is 0 Å². The SMILES string of the molecule is Cc1nnc(SCC(=O)Nc2ccc(C(C)C)cc2)n(N)c1=O. The number of aryl methyl sites for hydroxylation is 1. The number of thioether (sulfide) groups is 1. The van der Waals surface area contributed by atoms with Crippen molar-refractivity contribution in [3.8, 4) is 0 Å². The van der Waals surface area contributed by atoms with Crippen molar-refractivity contribution in [2.24, 2.45) is 0 Å². The third-order valence-electron chi connectivity index (χ3n) is 3.21. The van der Waals surface area contributed by atoms with Crippen LogP contribution in [0, 0.1) is 6.92 Å². The van der Waals surface area contributed by atoms with Crippen molar-refractivity contribution in [3.63, 3.8) is 0 Å². The molecule has 0 saturated carbocycles. The molecule has 23 heavy (non-hydrogen) atoms. The maximum atomic E-state index is 12.0. The van der Waals surface area contributed by atoms with E-state index in [0.29, 0.717) is 5.92 Å². The molecule has 0 saturated heterocycles. The molecule has 0 radical (unpaired) electrons. The first-order chi connectivity index (χ1) is 10.9. The largest absolute Gasteiger partial charge is 0.334 e. The fourth-order valence-corrected chi connectivity index (χ4v) is 2.50. The van der Waals surface area contributed by atoms with Gasteiger partial charge in [-0.1, -0.05) is 37.7 Å². The highest BCUT2D eigenvalue weighted by molar-refractivity contribution is 7.99. The van der Waals surface area contributed by atoms with Gasteiger partial charge in [0.2, 0.25) is 11.1 Å². The molecule has 1 aromatic carbocycles. The Labute approximate surface area is 138 Å². The fraction of sp³-hybridized carbons (Fsp3) is 0.333. The molecular formula is C15H19N5O2S. The lowest BCUT2D eigenvalue weighted by Gasteiger charge is -2.09. The molecule has 0 atom stereocenters. The molecule has 0 aliphatic carbocycles. The van der Waals surface area contributed by atoms with E-state index >= 15 is 0 Å². The van der Waals surface area contributed by atoms with Crippen molar-refractivity contribution in [1.29, 1.82) is 0 Å². The van der Waals surface area contributed by atoms with Gasteiger partial charge in [-0.2, -0.15) is 4.68 Å². The van der Waals surface area contributed by atoms with Gasteiger partial charge >= 0.3 is 0 Å². The van der Waals surface area contributed by atoms with Crippen molar-refractivity contribution in [2.75, 3.05) is 16.9 Å². The lowest BCUT2D eigenvalue weighted by molar-refractivity contribution is -0.113. The molecule has 0 aliphatic heterocycles. The second-order valence-corrected chi connectivity index (χ2v) is 6.30. The summed E-state index contributed by atoms with van der Waals surface area (Å²) in [7, 11) is 0. The normalized spacial score (nSPS) is 10.8. The van der Waals surface area contributed by atoms with E-state index in [0.717, 1.165) is 22.1 Å². The molecule has 8 heteroatoms. The van der Waals surface area contributed by atoms with E-state index in [4.69, 9.17) is 5.84 Å². The van der Waals surface area contributed by atoms with Crippen LogP contribution in [-0.2, 0) is 4.79 Å². The molecule has 1 amide bonds. The molecule has 0 bridgehead atoms. The number of carbonyl (C=O) groups excluding carboxylic acids is 1. The zero-order chi connectivity index (χ0) is 17.0. The minimum Gasteiger partial charge on any atom is -0.334 e. The van der Waals surface area contributed by atoms with Crippen molar-refractivity contribution < 1.29 is 4.79 Å². The van der Waals surface area contributed by atoms with Gasteiger partial charge in [-0.25, -0.2) is 0 Å². The average Bonchev–Trinajstić information content (AvgIpc) is 2.52. The van der Waals surface area contributed by atoms with Crippen LogP contribution >= 0.6 is 11.8 Å². The molecule has 2 aromatic rings. The lowest BCUT2D eigenvalue weighted by atomic mass is 10.0. The first kappa shape index (κ1) is 17.0. The van der Waals surface area contributed by atoms with E-state index in [-0.39, 0.29) is 22.5 Å². The van der Waals surface area contributed by atoms with Crippen LogP contribution in [0.4, 0.5) is 5.69 Å². The maximum Gasteiger partial charge on any atom is 0.294 e. The number of hydrogen-bond donors (Lipinski definition) is 2. The van der Waals surface area contributed by atoms with Crippen LogP contribution in [0.2, 0.25) is 0 Å². The Hall–Kier alpha value is -2.35. The molecule has 1 aromatic heterocycles. The van der Waals surface area contributed by atoms with Crippen LogP contribution in [0.3, 0.4) is 0 Å². The average molecular weight is 333 g/mol. The third-order valence-corrected chi connectivity index (χ3v) is 4.16. The van der Waals surface area contributed by atoms with E-state index in [9.17, 15) is 9.59 Å². The van der Waals surface area contributed by atoms with Gasteiger partial charge in [-0.3, -0.25) is 9.59 Å². The minimum atomic E-state index is -0.424. The zero-order valence-electron chi connectivity index (χ0n) is 13.2. The summed E-state index contributed by atoms with van der Waals surface area (Å²) >= 11 is 1.06. The Bertz CT molecular complexity index is 755. The Balaban J connectivity index is 1.95. The summed E-state index contributed by atoms with van der Waals surface area (Å²) in [6, 6.07) is 7.69. The highest BCUT2D eigenvalue weighted by atomic mass is 32.2. The number of rotatable bonds is 5. The van der Waals surface area contributed by atoms with Crippen molar-refractivity contribution in [1.82, 2.24) is 14.9 Å². The number of nitrogens with one attached hydrogen (secondary N) is 1. The van der Waals surface area contributed by atoms with Crippen molar-refractivity contribution >= 4 is 23.4 Å². The fourth-order valence-electron chi connectivity index (χ4n) is 1.85. The second-order valence-electron chi connectivity index (χ2n) is 5.36. The summed E-state index contributed by atoms with van der Waals surface area (Å²) in [6.45, 7) is 5.75. The number of nitrogens with two attached hydrogens (primary N) is 1. The van der Waals surface area contributed by atoms with Gasteiger partial charge in [0.15, 0.2) is 0 Å². The summed E-state index contributed by atoms with van der Waals surface area (Å²) in [5.41, 5.74) is 1.72. The van der Waals surface area contributed by atoms with Crippen molar-refractivity contribution in [2.45, 2.75) is 31.8 Å². The molecule has 7 nitrogen and oxygen atoms in total. The Kier molecular flexibility index (Phi) is 5.38. The molecule has 122 valence electrons. The highest BCUT2D eigenvalue weighted by Crippen LogP contribution is 2.18. The molecule has 0 fully saturated rings. The lowest BCUT2D eigenvalue weighted by Crippen LogP contribution is -2.32. The van der Waals surface area contributed by atoms with E-state index in [1.165, 1.54) is 12.5 Å². The number of nitrogen functional groups attached to an aromatic ring is 1. The van der Waals surface area contributed by atoms with E-state index in [2.05, 4.69) is 29.4 Å². The predicted molar refractivity (Wildman–Crippen MR) is 91.1 cm³/mol. The maximum absolute atomic E-state index is 12.0. The van der Waals surface area contributed by atoms with E-state index in [1.54, 1.807) is 0 Å². The molecule has 0 aliphatic rings. The second kappa shape index (κ2) is 7.28. The van der Waals surface area contributed by atoms with E-state index < -0.39 is 5.56 Å². The smallest absolute Gasteiger partial charge is 0.294 e. The van der Waals surface area contributed by atoms with Gasteiger partial charge in [0.1, 0.15) is 5.69 Å².